The third-order valence-electron chi connectivity index (χ3n) is 1.38. The summed E-state index contributed by atoms with van der Waals surface area (Å²) < 4.78 is 0. The van der Waals surface area contributed by atoms with Crippen molar-refractivity contribution in [1.29, 1.82) is 0 Å². The molecule has 0 spiro atoms. The summed E-state index contributed by atoms with van der Waals surface area (Å²) in [4.78, 5) is 0. The van der Waals surface area contributed by atoms with E-state index in [4.69, 9.17) is 0 Å². The summed E-state index contributed by atoms with van der Waals surface area (Å²) in [5, 5.41) is 0. The summed E-state index contributed by atoms with van der Waals surface area (Å²) in [5.41, 5.74) is 1.44. The van der Waals surface area contributed by atoms with Crippen LogP contribution in [0.1, 0.15) is 18.9 Å². The molecular weight excluding hydrogens is 147 g/mol. The second kappa shape index (κ2) is 6.56. The van der Waals surface area contributed by atoms with Gasteiger partial charge in [0.25, 0.3) is 0 Å². The Balaban J connectivity index is 0.000000810. The minimum absolute atomic E-state index is 0. The molecule has 0 unspecified atom stereocenters. The number of aryl methyl sites for hydroxylation is 1. The van der Waals surface area contributed by atoms with Gasteiger partial charge in [-0.25, -0.2) is 0 Å². The topological polar surface area (TPSA) is 0 Å². The normalized spacial score (nSPS) is 8.50. The fraction of sp³-hybridized carbons (Fsp3) is 0.333. The minimum Gasteiger partial charge on any atom is -0.0651 e. The van der Waals surface area contributed by atoms with Crippen molar-refractivity contribution in [3.8, 4) is 0 Å². The zero-order chi connectivity index (χ0) is 6.53. The van der Waals surface area contributed by atoms with Crippen molar-refractivity contribution in [2.24, 2.45) is 0 Å². The first-order valence-electron chi connectivity index (χ1n) is 3.47. The van der Waals surface area contributed by atoms with Crippen LogP contribution in [0.15, 0.2) is 30.3 Å². The Morgan fingerprint density at radius 1 is 1.10 bits per heavy atom. The first-order valence-corrected chi connectivity index (χ1v) is 3.47. The molecule has 0 aliphatic rings. The fourth-order valence-corrected chi connectivity index (χ4v) is 0.933. The summed E-state index contributed by atoms with van der Waals surface area (Å²) in [7, 11) is 0. The molecule has 0 saturated heterocycles. The van der Waals surface area contributed by atoms with Gasteiger partial charge in [-0.3, -0.25) is 0 Å². The van der Waals surface area contributed by atoms with E-state index in [-0.39, 0.29) is 51.4 Å². The van der Waals surface area contributed by atoms with Crippen LogP contribution in [-0.2, 0) is 6.42 Å². The standard InChI is InChI=1S/C9H12.K/c1-2-6-9-7-4-3-5-8-9;/h3-5,7-8H,2,6H2,1H3;. The Kier molecular flexibility index (Phi) is 7.12. The molecule has 1 aromatic rings. The summed E-state index contributed by atoms with van der Waals surface area (Å²) in [5.74, 6) is 0. The van der Waals surface area contributed by atoms with Crippen LogP contribution >= 0.6 is 0 Å². The summed E-state index contributed by atoms with van der Waals surface area (Å²) in [6.07, 6.45) is 2.45. The number of rotatable bonds is 2. The van der Waals surface area contributed by atoms with Crippen molar-refractivity contribution in [3.05, 3.63) is 35.9 Å². The van der Waals surface area contributed by atoms with E-state index in [0.29, 0.717) is 0 Å². The molecule has 1 aromatic carbocycles. The van der Waals surface area contributed by atoms with Crippen molar-refractivity contribution in [1.82, 2.24) is 0 Å². The molecule has 49 valence electrons. The van der Waals surface area contributed by atoms with Crippen molar-refractivity contribution in [3.63, 3.8) is 0 Å². The average molecular weight is 159 g/mol. The molecule has 1 radical (unpaired) electrons. The van der Waals surface area contributed by atoms with Gasteiger partial charge in [0.2, 0.25) is 0 Å². The van der Waals surface area contributed by atoms with Crippen molar-refractivity contribution in [2.75, 3.05) is 0 Å². The van der Waals surface area contributed by atoms with Gasteiger partial charge >= 0.3 is 0 Å². The maximum Gasteiger partial charge on any atom is 0 e. The van der Waals surface area contributed by atoms with E-state index in [9.17, 15) is 0 Å². The number of hydrogen-bond acceptors (Lipinski definition) is 0. The Labute approximate surface area is 105 Å². The van der Waals surface area contributed by atoms with Crippen LogP contribution in [0.4, 0.5) is 0 Å². The molecule has 0 nitrogen and oxygen atoms in total. The van der Waals surface area contributed by atoms with Gasteiger partial charge in [-0.2, -0.15) is 0 Å². The summed E-state index contributed by atoms with van der Waals surface area (Å²) >= 11 is 0. The molecule has 0 aliphatic carbocycles. The predicted octanol–water partition coefficient (Wildman–Crippen LogP) is 2.26. The Bertz CT molecular complexity index is 158. The van der Waals surface area contributed by atoms with Crippen molar-refractivity contribution >= 4 is 51.4 Å². The van der Waals surface area contributed by atoms with Gasteiger partial charge in [0.1, 0.15) is 0 Å². The molecule has 0 amide bonds. The molecule has 0 N–H and O–H groups in total. The molecule has 0 aromatic heterocycles. The van der Waals surface area contributed by atoms with Crippen LogP contribution in [0, 0.1) is 0 Å². The zero-order valence-electron chi connectivity index (χ0n) is 6.80. The number of hydrogen-bond donors (Lipinski definition) is 0. The third-order valence-corrected chi connectivity index (χ3v) is 1.38. The first kappa shape index (κ1) is 10.9. The molecule has 0 bridgehead atoms. The maximum atomic E-state index is 2.20. The van der Waals surface area contributed by atoms with Crippen LogP contribution in [0.2, 0.25) is 0 Å². The molecule has 0 fully saturated rings. The maximum absolute atomic E-state index is 2.20. The van der Waals surface area contributed by atoms with Crippen LogP contribution in [0.25, 0.3) is 0 Å². The molecule has 0 saturated carbocycles. The second-order valence-corrected chi connectivity index (χ2v) is 2.24. The summed E-state index contributed by atoms with van der Waals surface area (Å²) in [6, 6.07) is 10.6. The first-order chi connectivity index (χ1) is 4.43. The Hall–Kier alpha value is 0.856. The van der Waals surface area contributed by atoms with E-state index in [0.717, 1.165) is 0 Å². The van der Waals surface area contributed by atoms with Gasteiger partial charge in [0.15, 0.2) is 0 Å². The van der Waals surface area contributed by atoms with Crippen LogP contribution < -0.4 is 0 Å². The molecular formula is C9H12K. The van der Waals surface area contributed by atoms with Crippen LogP contribution in [0.3, 0.4) is 0 Å². The molecule has 1 rings (SSSR count). The van der Waals surface area contributed by atoms with E-state index in [1.807, 2.05) is 0 Å². The van der Waals surface area contributed by atoms with Crippen LogP contribution in [-0.4, -0.2) is 51.4 Å². The largest absolute Gasteiger partial charge is 0.0651 e. The van der Waals surface area contributed by atoms with Gasteiger partial charge in [-0.1, -0.05) is 43.7 Å². The van der Waals surface area contributed by atoms with E-state index in [2.05, 4.69) is 37.3 Å². The van der Waals surface area contributed by atoms with E-state index >= 15 is 0 Å². The molecule has 0 atom stereocenters. The molecule has 10 heavy (non-hydrogen) atoms. The SMILES string of the molecule is CCCc1ccccc1.[K]. The van der Waals surface area contributed by atoms with Gasteiger partial charge < -0.3 is 0 Å². The van der Waals surface area contributed by atoms with Gasteiger partial charge in [-0.15, -0.1) is 0 Å². The monoisotopic (exact) mass is 159 g/mol. The van der Waals surface area contributed by atoms with E-state index in [1.165, 1.54) is 18.4 Å². The quantitative estimate of drug-likeness (QED) is 0.581. The van der Waals surface area contributed by atoms with Crippen LogP contribution in [0.5, 0.6) is 0 Å². The van der Waals surface area contributed by atoms with E-state index < -0.39 is 0 Å². The van der Waals surface area contributed by atoms with Crippen molar-refractivity contribution < 1.29 is 0 Å². The molecule has 0 aliphatic heterocycles. The number of benzene rings is 1. The van der Waals surface area contributed by atoms with Crippen molar-refractivity contribution in [2.45, 2.75) is 19.8 Å². The fourth-order valence-electron chi connectivity index (χ4n) is 0.933. The van der Waals surface area contributed by atoms with Gasteiger partial charge in [0, 0.05) is 51.4 Å². The Morgan fingerprint density at radius 2 is 1.70 bits per heavy atom. The Morgan fingerprint density at radius 3 is 2.20 bits per heavy atom. The zero-order valence-corrected chi connectivity index (χ0v) is 9.92. The molecule has 0 heterocycles. The average Bonchev–Trinajstić information content (AvgIpc) is 1.91. The van der Waals surface area contributed by atoms with Gasteiger partial charge in [0.05, 0.1) is 0 Å². The predicted molar refractivity (Wildman–Crippen MR) is 46.2 cm³/mol. The second-order valence-electron chi connectivity index (χ2n) is 2.24. The summed E-state index contributed by atoms with van der Waals surface area (Å²) in [6.45, 7) is 2.20. The third kappa shape index (κ3) is 3.89. The smallest absolute Gasteiger partial charge is 0 e. The van der Waals surface area contributed by atoms with E-state index in [1.54, 1.807) is 0 Å². The minimum atomic E-state index is 0. The molecule has 1 heteroatoms. The van der Waals surface area contributed by atoms with Gasteiger partial charge in [-0.05, 0) is 12.0 Å².